The number of nitrogens with one attached hydrogen (secondary N) is 1. The van der Waals surface area contributed by atoms with Crippen LogP contribution in [0.15, 0.2) is 66.8 Å². The summed E-state index contributed by atoms with van der Waals surface area (Å²) < 4.78 is 0. The number of rotatable bonds is 8. The van der Waals surface area contributed by atoms with Crippen molar-refractivity contribution in [3.63, 3.8) is 0 Å². The molecule has 0 aromatic heterocycles. The van der Waals surface area contributed by atoms with Crippen LogP contribution in [0.5, 0.6) is 0 Å². The van der Waals surface area contributed by atoms with E-state index in [1.807, 2.05) is 36.4 Å². The van der Waals surface area contributed by atoms with Gasteiger partial charge in [-0.2, -0.15) is 0 Å². The summed E-state index contributed by atoms with van der Waals surface area (Å²) in [5.41, 5.74) is 3.97. The van der Waals surface area contributed by atoms with Gasteiger partial charge in [0.1, 0.15) is 0 Å². The van der Waals surface area contributed by atoms with Gasteiger partial charge < -0.3 is 20.6 Å². The van der Waals surface area contributed by atoms with Crippen molar-refractivity contribution in [2.24, 2.45) is 0 Å². The lowest BCUT2D eigenvalue weighted by atomic mass is 10.0. The zero-order valence-electron chi connectivity index (χ0n) is 18.7. The van der Waals surface area contributed by atoms with Crippen LogP contribution in [0, 0.1) is 0 Å². The van der Waals surface area contributed by atoms with E-state index in [2.05, 4.69) is 11.4 Å². The van der Waals surface area contributed by atoms with Gasteiger partial charge in [-0.25, -0.2) is 14.4 Å². The second-order valence-corrected chi connectivity index (χ2v) is 7.77. The van der Waals surface area contributed by atoms with Crippen molar-refractivity contribution in [1.29, 1.82) is 0 Å². The molecule has 0 fully saturated rings. The number of carbonyl (C=O) groups excluding carboxylic acids is 1. The third-order valence-electron chi connectivity index (χ3n) is 4.84. The van der Waals surface area contributed by atoms with E-state index in [0.717, 1.165) is 41.4 Å². The molecule has 3 rings (SSSR count). The zero-order valence-corrected chi connectivity index (χ0v) is 19.4. The number of fused-ring (bicyclic) bond motifs is 2. The van der Waals surface area contributed by atoms with Gasteiger partial charge >= 0.3 is 17.9 Å². The fraction of sp³-hybridized carbons (Fsp3) is 0.200. The number of aliphatic carboxylic acids is 3. The highest BCUT2D eigenvalue weighted by molar-refractivity contribution is 6.31. The average Bonchev–Trinajstić information content (AvgIpc) is 2.96. The van der Waals surface area contributed by atoms with Crippen molar-refractivity contribution in [3.8, 4) is 0 Å². The lowest BCUT2D eigenvalue weighted by Gasteiger charge is -2.25. The molecule has 9 nitrogen and oxygen atoms in total. The summed E-state index contributed by atoms with van der Waals surface area (Å²) in [6.07, 6.45) is 5.73. The maximum atomic E-state index is 13.1. The Morgan fingerprint density at radius 3 is 2.09 bits per heavy atom. The van der Waals surface area contributed by atoms with Crippen molar-refractivity contribution in [2.75, 3.05) is 18.0 Å². The highest BCUT2D eigenvalue weighted by Crippen LogP contribution is 2.37. The van der Waals surface area contributed by atoms with E-state index in [1.54, 1.807) is 4.90 Å². The number of amides is 1. The molecule has 35 heavy (non-hydrogen) atoms. The predicted molar refractivity (Wildman–Crippen MR) is 131 cm³/mol. The molecule has 1 amide bonds. The van der Waals surface area contributed by atoms with E-state index >= 15 is 0 Å². The average molecular weight is 501 g/mol. The molecule has 0 atom stereocenters. The minimum absolute atomic E-state index is 0.0254. The van der Waals surface area contributed by atoms with Crippen molar-refractivity contribution < 1.29 is 34.5 Å². The fourth-order valence-corrected chi connectivity index (χ4v) is 3.53. The first kappa shape index (κ1) is 27.3. The number of para-hydroxylation sites is 1. The van der Waals surface area contributed by atoms with E-state index in [1.165, 1.54) is 6.08 Å². The van der Waals surface area contributed by atoms with Crippen LogP contribution in [-0.4, -0.2) is 52.2 Å². The SMILES string of the molecule is O=C(O)/C=C/CNCCC(=O)N1c2ccccc2CCc2ccc(Cl)cc21.O=C(O)/C=C\C(=O)O. The zero-order chi connectivity index (χ0) is 25.8. The lowest BCUT2D eigenvalue weighted by molar-refractivity contribution is -0.134. The van der Waals surface area contributed by atoms with Gasteiger partial charge in [0, 0.05) is 42.8 Å². The molecule has 0 saturated carbocycles. The van der Waals surface area contributed by atoms with E-state index in [0.29, 0.717) is 36.7 Å². The van der Waals surface area contributed by atoms with Crippen LogP contribution < -0.4 is 10.2 Å². The molecular weight excluding hydrogens is 476 g/mol. The van der Waals surface area contributed by atoms with Gasteiger partial charge in [0.25, 0.3) is 0 Å². The molecule has 0 spiro atoms. The number of nitrogens with zero attached hydrogens (tertiary/aromatic N) is 1. The first-order valence-corrected chi connectivity index (χ1v) is 11.0. The molecule has 0 aliphatic carbocycles. The summed E-state index contributed by atoms with van der Waals surface area (Å²) in [6, 6.07) is 13.6. The molecule has 184 valence electrons. The maximum absolute atomic E-state index is 13.1. The Morgan fingerprint density at radius 1 is 0.857 bits per heavy atom. The second kappa shape index (κ2) is 13.7. The summed E-state index contributed by atoms with van der Waals surface area (Å²) >= 11 is 6.21. The van der Waals surface area contributed by atoms with E-state index in [-0.39, 0.29) is 5.91 Å². The minimum atomic E-state index is -1.26. The summed E-state index contributed by atoms with van der Waals surface area (Å²) in [5.74, 6) is -3.52. The Bertz CT molecular complexity index is 1130. The van der Waals surface area contributed by atoms with Crippen LogP contribution in [0.2, 0.25) is 5.02 Å². The Labute approximate surface area is 206 Å². The largest absolute Gasteiger partial charge is 0.478 e. The quantitative estimate of drug-likeness (QED) is 0.318. The molecule has 2 aromatic rings. The number of anilines is 2. The summed E-state index contributed by atoms with van der Waals surface area (Å²) in [6.45, 7) is 0.857. The number of carboxylic acids is 3. The van der Waals surface area contributed by atoms with Crippen molar-refractivity contribution in [2.45, 2.75) is 19.3 Å². The normalized spacial score (nSPS) is 12.3. The van der Waals surface area contributed by atoms with Crippen LogP contribution in [0.3, 0.4) is 0 Å². The van der Waals surface area contributed by atoms with Crippen LogP contribution in [0.4, 0.5) is 11.4 Å². The molecule has 1 aliphatic heterocycles. The molecule has 0 radical (unpaired) electrons. The molecule has 1 aliphatic rings. The number of aryl methyl sites for hydroxylation is 2. The predicted octanol–water partition coefficient (Wildman–Crippen LogP) is 3.44. The van der Waals surface area contributed by atoms with Crippen LogP contribution in [0.25, 0.3) is 0 Å². The van der Waals surface area contributed by atoms with Crippen LogP contribution in [0.1, 0.15) is 17.5 Å². The topological polar surface area (TPSA) is 144 Å². The first-order valence-electron chi connectivity index (χ1n) is 10.6. The minimum Gasteiger partial charge on any atom is -0.478 e. The number of benzene rings is 2. The van der Waals surface area contributed by atoms with Gasteiger partial charge in [-0.15, -0.1) is 0 Å². The monoisotopic (exact) mass is 500 g/mol. The highest BCUT2D eigenvalue weighted by atomic mass is 35.5. The van der Waals surface area contributed by atoms with Crippen molar-refractivity contribution >= 4 is 46.8 Å². The van der Waals surface area contributed by atoms with Gasteiger partial charge in [0.15, 0.2) is 0 Å². The van der Waals surface area contributed by atoms with E-state index in [9.17, 15) is 19.2 Å². The standard InChI is InChI=1S/C21H21ClN2O3.C4H4O4/c22-17-10-9-16-8-7-15-4-1-2-5-18(15)24(19(16)14-17)20(25)11-13-23-12-3-6-21(26)27;5-3(6)1-2-4(7)8/h1-6,9-10,14,23H,7-8,11-13H2,(H,26,27);1-2H,(H,5,6)(H,7,8)/b6-3+;2-1-. The van der Waals surface area contributed by atoms with Gasteiger partial charge in [-0.3, -0.25) is 9.69 Å². The Morgan fingerprint density at radius 2 is 1.46 bits per heavy atom. The summed E-state index contributed by atoms with van der Waals surface area (Å²) in [7, 11) is 0. The third-order valence-corrected chi connectivity index (χ3v) is 5.08. The van der Waals surface area contributed by atoms with Crippen molar-refractivity contribution in [3.05, 3.63) is 82.9 Å². The molecular formula is C25H25ClN2O7. The fourth-order valence-electron chi connectivity index (χ4n) is 3.36. The Hall–Kier alpha value is -3.95. The Balaban J connectivity index is 0.000000466. The van der Waals surface area contributed by atoms with Crippen molar-refractivity contribution in [1.82, 2.24) is 5.32 Å². The first-order chi connectivity index (χ1) is 16.7. The number of carbonyl (C=O) groups is 4. The number of hydrogen-bond donors (Lipinski definition) is 4. The second-order valence-electron chi connectivity index (χ2n) is 7.34. The number of hydrogen-bond acceptors (Lipinski definition) is 5. The van der Waals surface area contributed by atoms with Gasteiger partial charge in [0.05, 0.1) is 11.4 Å². The van der Waals surface area contributed by atoms with Gasteiger partial charge in [-0.05, 0) is 42.2 Å². The maximum Gasteiger partial charge on any atom is 0.328 e. The van der Waals surface area contributed by atoms with E-state index in [4.69, 9.17) is 26.9 Å². The van der Waals surface area contributed by atoms with Gasteiger partial charge in [0.2, 0.25) is 5.91 Å². The molecule has 2 aromatic carbocycles. The smallest absolute Gasteiger partial charge is 0.328 e. The Kier molecular flexibility index (Phi) is 10.7. The van der Waals surface area contributed by atoms with E-state index < -0.39 is 17.9 Å². The molecule has 0 saturated heterocycles. The molecule has 4 N–H and O–H groups in total. The molecule has 0 bridgehead atoms. The number of carboxylic acid groups (broad SMARTS) is 3. The molecule has 0 unspecified atom stereocenters. The third kappa shape index (κ3) is 9.07. The molecule has 1 heterocycles. The van der Waals surface area contributed by atoms with Crippen LogP contribution in [-0.2, 0) is 32.0 Å². The number of halogens is 1. The van der Waals surface area contributed by atoms with Crippen LogP contribution >= 0.6 is 11.6 Å². The molecule has 10 heteroatoms. The van der Waals surface area contributed by atoms with Gasteiger partial charge in [-0.1, -0.05) is 41.9 Å². The highest BCUT2D eigenvalue weighted by Gasteiger charge is 2.25. The summed E-state index contributed by atoms with van der Waals surface area (Å²) in [4.78, 5) is 44.4. The lowest BCUT2D eigenvalue weighted by Crippen LogP contribution is -2.30. The summed E-state index contributed by atoms with van der Waals surface area (Å²) in [5, 5.41) is 27.9.